The van der Waals surface area contributed by atoms with Crippen LogP contribution >= 0.6 is 0 Å². The summed E-state index contributed by atoms with van der Waals surface area (Å²) < 4.78 is 21.8. The summed E-state index contributed by atoms with van der Waals surface area (Å²) >= 11 is 0. The van der Waals surface area contributed by atoms with Crippen molar-refractivity contribution in [3.05, 3.63) is 71.7 Å². The van der Waals surface area contributed by atoms with E-state index in [1.807, 2.05) is 6.07 Å². The summed E-state index contributed by atoms with van der Waals surface area (Å²) in [6, 6.07) is 15.7. The maximum atomic E-state index is 13.0. The van der Waals surface area contributed by atoms with E-state index in [0.717, 1.165) is 6.42 Å². The molecule has 2 aromatic carbocycles. The number of rotatable bonds is 9. The normalized spacial score (nSPS) is 14.8. The highest BCUT2D eigenvalue weighted by Crippen LogP contribution is 2.34. The molecule has 1 amide bonds. The Balaban J connectivity index is 1.49. The molecule has 0 saturated heterocycles. The molecule has 1 N–H and O–H groups in total. The first kappa shape index (κ1) is 21.8. The summed E-state index contributed by atoms with van der Waals surface area (Å²) in [6.45, 7) is 3.55. The van der Waals surface area contributed by atoms with Gasteiger partial charge in [0.15, 0.2) is 11.5 Å². The number of amides is 1. The Bertz CT molecular complexity index is 1080. The van der Waals surface area contributed by atoms with Crippen molar-refractivity contribution in [2.45, 2.75) is 25.9 Å². The molecule has 0 aliphatic carbocycles. The second-order valence-electron chi connectivity index (χ2n) is 7.73. The zero-order valence-corrected chi connectivity index (χ0v) is 18.6. The zero-order valence-electron chi connectivity index (χ0n) is 18.6. The second-order valence-corrected chi connectivity index (χ2v) is 7.73. The number of para-hydroxylation sites is 1. The van der Waals surface area contributed by atoms with Gasteiger partial charge in [0, 0.05) is 30.6 Å². The number of carbonyl (C=O) groups is 1. The second kappa shape index (κ2) is 9.78. The Hall–Kier alpha value is -3.45. The van der Waals surface area contributed by atoms with Gasteiger partial charge in [-0.15, -0.1) is 0 Å². The number of fused-ring (bicyclic) bond motifs is 1. The SMILES string of the molecule is COCCOc1cc(NC(=O)c2ccoc2CN2c3ccccc3CC2C)ccc1OC. The van der Waals surface area contributed by atoms with E-state index in [1.54, 1.807) is 44.7 Å². The van der Waals surface area contributed by atoms with Gasteiger partial charge in [0.25, 0.3) is 5.91 Å². The third-order valence-corrected chi connectivity index (χ3v) is 5.62. The number of hydrogen-bond donors (Lipinski definition) is 1. The molecule has 168 valence electrons. The van der Waals surface area contributed by atoms with Crippen LogP contribution in [0.25, 0.3) is 0 Å². The molecule has 1 aliphatic heterocycles. The summed E-state index contributed by atoms with van der Waals surface area (Å²) in [4.78, 5) is 15.3. The molecule has 2 heterocycles. The highest BCUT2D eigenvalue weighted by atomic mass is 16.5. The summed E-state index contributed by atoms with van der Waals surface area (Å²) in [5.74, 6) is 1.53. The molecule has 0 spiro atoms. The average Bonchev–Trinajstić information content (AvgIpc) is 3.39. The van der Waals surface area contributed by atoms with Crippen LogP contribution in [0.5, 0.6) is 11.5 Å². The number of anilines is 2. The number of hydrogen-bond acceptors (Lipinski definition) is 6. The minimum atomic E-state index is -0.234. The molecule has 0 saturated carbocycles. The minimum absolute atomic E-state index is 0.234. The van der Waals surface area contributed by atoms with Gasteiger partial charge in [0.1, 0.15) is 12.4 Å². The lowest BCUT2D eigenvalue weighted by atomic mass is 10.1. The van der Waals surface area contributed by atoms with Crippen LogP contribution < -0.4 is 19.7 Å². The first-order valence-corrected chi connectivity index (χ1v) is 10.6. The number of ether oxygens (including phenoxy) is 3. The van der Waals surface area contributed by atoms with Crippen LogP contribution in [-0.2, 0) is 17.7 Å². The number of furan rings is 1. The van der Waals surface area contributed by atoms with E-state index in [1.165, 1.54) is 11.3 Å². The molecule has 1 aromatic heterocycles. The number of benzene rings is 2. The first-order valence-electron chi connectivity index (χ1n) is 10.6. The van der Waals surface area contributed by atoms with E-state index >= 15 is 0 Å². The van der Waals surface area contributed by atoms with Crippen molar-refractivity contribution in [3.63, 3.8) is 0 Å². The van der Waals surface area contributed by atoms with Gasteiger partial charge < -0.3 is 28.8 Å². The molecular formula is C25H28N2O5. The average molecular weight is 437 g/mol. The molecular weight excluding hydrogens is 408 g/mol. The van der Waals surface area contributed by atoms with E-state index in [-0.39, 0.29) is 5.91 Å². The Morgan fingerprint density at radius 3 is 2.78 bits per heavy atom. The Morgan fingerprint density at radius 2 is 1.97 bits per heavy atom. The molecule has 4 rings (SSSR count). The van der Waals surface area contributed by atoms with E-state index in [2.05, 4.69) is 35.3 Å². The van der Waals surface area contributed by atoms with Crippen molar-refractivity contribution in [3.8, 4) is 11.5 Å². The molecule has 1 aliphatic rings. The van der Waals surface area contributed by atoms with Crippen LogP contribution in [0.15, 0.2) is 59.2 Å². The van der Waals surface area contributed by atoms with Crippen LogP contribution in [0.1, 0.15) is 28.6 Å². The molecule has 1 unspecified atom stereocenters. The van der Waals surface area contributed by atoms with Crippen LogP contribution in [0.2, 0.25) is 0 Å². The number of methoxy groups -OCH3 is 2. The standard InChI is InChI=1S/C25H28N2O5/c1-17-14-18-6-4-5-7-21(18)27(17)16-24-20(10-11-31-24)25(28)26-19-8-9-22(30-3)23(15-19)32-13-12-29-2/h4-11,15,17H,12-14,16H2,1-3H3,(H,26,28). The molecule has 1 atom stereocenters. The van der Waals surface area contributed by atoms with E-state index in [4.69, 9.17) is 18.6 Å². The lowest BCUT2D eigenvalue weighted by molar-refractivity contribution is 0.102. The molecule has 0 bridgehead atoms. The molecule has 3 aromatic rings. The molecule has 0 fully saturated rings. The number of nitrogens with zero attached hydrogens (tertiary/aromatic N) is 1. The van der Waals surface area contributed by atoms with Crippen molar-refractivity contribution in [2.24, 2.45) is 0 Å². The lowest BCUT2D eigenvalue weighted by Crippen LogP contribution is -2.29. The van der Waals surface area contributed by atoms with Gasteiger partial charge in [-0.1, -0.05) is 18.2 Å². The third-order valence-electron chi connectivity index (χ3n) is 5.62. The maximum absolute atomic E-state index is 13.0. The van der Waals surface area contributed by atoms with Gasteiger partial charge in [0.2, 0.25) is 0 Å². The largest absolute Gasteiger partial charge is 0.493 e. The summed E-state index contributed by atoms with van der Waals surface area (Å²) in [5.41, 5.74) is 3.63. The van der Waals surface area contributed by atoms with E-state index < -0.39 is 0 Å². The fraction of sp³-hybridized carbons (Fsp3) is 0.320. The van der Waals surface area contributed by atoms with Gasteiger partial charge in [-0.25, -0.2) is 0 Å². The molecule has 0 radical (unpaired) electrons. The highest BCUT2D eigenvalue weighted by molar-refractivity contribution is 6.05. The van der Waals surface area contributed by atoms with Crippen LogP contribution in [0.3, 0.4) is 0 Å². The van der Waals surface area contributed by atoms with E-state index in [0.29, 0.717) is 54.3 Å². The van der Waals surface area contributed by atoms with Crippen molar-refractivity contribution in [2.75, 3.05) is 37.7 Å². The number of nitrogens with one attached hydrogen (secondary N) is 1. The van der Waals surface area contributed by atoms with Crippen molar-refractivity contribution < 1.29 is 23.4 Å². The van der Waals surface area contributed by atoms with E-state index in [9.17, 15) is 4.79 Å². The van der Waals surface area contributed by atoms with Crippen LogP contribution in [-0.4, -0.2) is 39.4 Å². The third kappa shape index (κ3) is 4.57. The predicted molar refractivity (Wildman–Crippen MR) is 123 cm³/mol. The van der Waals surface area contributed by atoms with Gasteiger partial charge >= 0.3 is 0 Å². The Kier molecular flexibility index (Phi) is 6.66. The smallest absolute Gasteiger partial charge is 0.259 e. The van der Waals surface area contributed by atoms with Gasteiger partial charge in [-0.2, -0.15) is 0 Å². The number of carbonyl (C=O) groups excluding carboxylic acids is 1. The molecule has 32 heavy (non-hydrogen) atoms. The fourth-order valence-electron chi connectivity index (χ4n) is 3.99. The van der Waals surface area contributed by atoms with Gasteiger partial charge in [0.05, 0.1) is 32.1 Å². The Labute approximate surface area is 187 Å². The summed E-state index contributed by atoms with van der Waals surface area (Å²) in [7, 11) is 3.19. The monoisotopic (exact) mass is 436 g/mol. The summed E-state index contributed by atoms with van der Waals surface area (Å²) in [6.07, 6.45) is 2.54. The highest BCUT2D eigenvalue weighted by Gasteiger charge is 2.28. The van der Waals surface area contributed by atoms with Gasteiger partial charge in [-0.05, 0) is 43.2 Å². The van der Waals surface area contributed by atoms with Crippen molar-refractivity contribution >= 4 is 17.3 Å². The summed E-state index contributed by atoms with van der Waals surface area (Å²) in [5, 5.41) is 2.94. The van der Waals surface area contributed by atoms with Gasteiger partial charge in [-0.3, -0.25) is 4.79 Å². The topological polar surface area (TPSA) is 73.2 Å². The lowest BCUT2D eigenvalue weighted by Gasteiger charge is -2.24. The molecule has 7 nitrogen and oxygen atoms in total. The van der Waals surface area contributed by atoms with Crippen LogP contribution in [0.4, 0.5) is 11.4 Å². The quantitative estimate of drug-likeness (QED) is 0.498. The Morgan fingerprint density at radius 1 is 1.12 bits per heavy atom. The maximum Gasteiger partial charge on any atom is 0.259 e. The zero-order chi connectivity index (χ0) is 22.5. The van der Waals surface area contributed by atoms with Crippen molar-refractivity contribution in [1.82, 2.24) is 0 Å². The fourth-order valence-corrected chi connectivity index (χ4v) is 3.99. The first-order chi connectivity index (χ1) is 15.6. The predicted octanol–water partition coefficient (Wildman–Crippen LogP) is 4.52. The van der Waals surface area contributed by atoms with Crippen LogP contribution in [0, 0.1) is 0 Å². The minimum Gasteiger partial charge on any atom is -0.493 e. The molecule has 7 heteroatoms. The van der Waals surface area contributed by atoms with Crippen molar-refractivity contribution in [1.29, 1.82) is 0 Å².